The molecule has 2 aromatic rings. The van der Waals surface area contributed by atoms with Crippen molar-refractivity contribution in [1.29, 1.82) is 0 Å². The molecule has 5 heteroatoms. The SMILES string of the molecule is CC1CCCCN1Cc1ccccc1CNC(=O)c1ccc2c(c1)OCCO2. The van der Waals surface area contributed by atoms with Gasteiger partial charge in [-0.15, -0.1) is 0 Å². The number of carbonyl (C=O) groups is 1. The van der Waals surface area contributed by atoms with Gasteiger partial charge in [-0.1, -0.05) is 30.7 Å². The van der Waals surface area contributed by atoms with E-state index in [4.69, 9.17) is 9.47 Å². The second kappa shape index (κ2) is 8.65. The Balaban J connectivity index is 1.41. The summed E-state index contributed by atoms with van der Waals surface area (Å²) in [6.45, 7) is 5.98. The Morgan fingerprint density at radius 2 is 1.86 bits per heavy atom. The molecule has 0 radical (unpaired) electrons. The van der Waals surface area contributed by atoms with Gasteiger partial charge in [0.25, 0.3) is 5.91 Å². The second-order valence-electron chi connectivity index (χ2n) is 7.63. The van der Waals surface area contributed by atoms with Crippen LogP contribution in [0, 0.1) is 0 Å². The van der Waals surface area contributed by atoms with Gasteiger partial charge in [-0.25, -0.2) is 0 Å². The largest absolute Gasteiger partial charge is 0.486 e. The Kier molecular flexibility index (Phi) is 5.81. The highest BCUT2D eigenvalue weighted by Crippen LogP contribution is 2.30. The average molecular weight is 380 g/mol. The topological polar surface area (TPSA) is 50.8 Å². The second-order valence-corrected chi connectivity index (χ2v) is 7.63. The number of hydrogen-bond donors (Lipinski definition) is 1. The summed E-state index contributed by atoms with van der Waals surface area (Å²) in [6.07, 6.45) is 3.86. The Labute approximate surface area is 166 Å². The minimum Gasteiger partial charge on any atom is -0.486 e. The molecule has 1 unspecified atom stereocenters. The summed E-state index contributed by atoms with van der Waals surface area (Å²) in [5.74, 6) is 1.24. The smallest absolute Gasteiger partial charge is 0.251 e. The third kappa shape index (κ3) is 4.30. The van der Waals surface area contributed by atoms with Gasteiger partial charge in [0.2, 0.25) is 0 Å². The highest BCUT2D eigenvalue weighted by atomic mass is 16.6. The van der Waals surface area contributed by atoms with Crippen LogP contribution >= 0.6 is 0 Å². The van der Waals surface area contributed by atoms with E-state index in [1.54, 1.807) is 18.2 Å². The van der Waals surface area contributed by atoms with Crippen LogP contribution in [0.4, 0.5) is 0 Å². The zero-order valence-electron chi connectivity index (χ0n) is 16.4. The fraction of sp³-hybridized carbons (Fsp3) is 0.435. The van der Waals surface area contributed by atoms with Crippen molar-refractivity contribution in [1.82, 2.24) is 10.2 Å². The number of benzene rings is 2. The Morgan fingerprint density at radius 1 is 1.07 bits per heavy atom. The monoisotopic (exact) mass is 380 g/mol. The van der Waals surface area contributed by atoms with Crippen LogP contribution in [0.3, 0.4) is 0 Å². The summed E-state index contributed by atoms with van der Waals surface area (Å²) < 4.78 is 11.1. The molecular formula is C23H28N2O3. The zero-order valence-corrected chi connectivity index (χ0v) is 16.4. The lowest BCUT2D eigenvalue weighted by atomic mass is 10.0. The molecule has 0 aliphatic carbocycles. The van der Waals surface area contributed by atoms with Crippen LogP contribution in [-0.4, -0.2) is 36.6 Å². The molecule has 28 heavy (non-hydrogen) atoms. The molecule has 2 aliphatic rings. The lowest BCUT2D eigenvalue weighted by molar-refractivity contribution is 0.0949. The summed E-state index contributed by atoms with van der Waals surface area (Å²) in [6, 6.07) is 14.4. The van der Waals surface area contributed by atoms with Crippen molar-refractivity contribution in [3.05, 3.63) is 59.2 Å². The molecule has 1 fully saturated rings. The van der Waals surface area contributed by atoms with E-state index in [2.05, 4.69) is 35.3 Å². The number of ether oxygens (including phenoxy) is 2. The average Bonchev–Trinajstić information content (AvgIpc) is 2.74. The third-order valence-corrected chi connectivity index (χ3v) is 5.68. The van der Waals surface area contributed by atoms with Crippen molar-refractivity contribution in [2.75, 3.05) is 19.8 Å². The minimum absolute atomic E-state index is 0.0990. The van der Waals surface area contributed by atoms with E-state index in [1.165, 1.54) is 30.4 Å². The molecule has 0 spiro atoms. The number of nitrogens with zero attached hydrogens (tertiary/aromatic N) is 1. The lowest BCUT2D eigenvalue weighted by Gasteiger charge is -2.33. The molecule has 0 saturated carbocycles. The molecule has 4 rings (SSSR count). The maximum atomic E-state index is 12.6. The predicted molar refractivity (Wildman–Crippen MR) is 109 cm³/mol. The van der Waals surface area contributed by atoms with Crippen molar-refractivity contribution in [3.8, 4) is 11.5 Å². The highest BCUT2D eigenvalue weighted by Gasteiger charge is 2.19. The summed E-state index contributed by atoms with van der Waals surface area (Å²) in [5.41, 5.74) is 3.05. The van der Waals surface area contributed by atoms with E-state index in [9.17, 15) is 4.79 Å². The van der Waals surface area contributed by atoms with Gasteiger partial charge in [0, 0.05) is 24.7 Å². The van der Waals surface area contributed by atoms with Gasteiger partial charge in [-0.3, -0.25) is 9.69 Å². The molecule has 1 amide bonds. The molecule has 2 aromatic carbocycles. The standard InChI is InChI=1S/C23H28N2O3/c1-17-6-4-5-11-25(17)16-20-8-3-2-7-19(20)15-24-23(26)18-9-10-21-22(14-18)28-13-12-27-21/h2-3,7-10,14,17H,4-6,11-13,15-16H2,1H3,(H,24,26). The molecule has 2 aliphatic heterocycles. The molecule has 1 N–H and O–H groups in total. The molecule has 148 valence electrons. The van der Waals surface area contributed by atoms with Crippen LogP contribution in [0.15, 0.2) is 42.5 Å². The summed E-state index contributed by atoms with van der Waals surface area (Å²) in [7, 11) is 0. The fourth-order valence-corrected chi connectivity index (χ4v) is 3.96. The van der Waals surface area contributed by atoms with Crippen LogP contribution in [0.1, 0.15) is 47.7 Å². The van der Waals surface area contributed by atoms with Gasteiger partial charge in [-0.05, 0) is 55.6 Å². The first-order valence-corrected chi connectivity index (χ1v) is 10.2. The van der Waals surface area contributed by atoms with Crippen molar-refractivity contribution in [2.24, 2.45) is 0 Å². The summed E-state index contributed by atoms with van der Waals surface area (Å²) in [5, 5.41) is 3.06. The lowest BCUT2D eigenvalue weighted by Crippen LogP contribution is -2.37. The molecule has 0 bridgehead atoms. The number of amides is 1. The van der Waals surface area contributed by atoms with Crippen molar-refractivity contribution in [2.45, 2.75) is 45.3 Å². The normalized spacial score (nSPS) is 19.2. The molecule has 1 atom stereocenters. The minimum atomic E-state index is -0.0990. The van der Waals surface area contributed by atoms with Gasteiger partial charge < -0.3 is 14.8 Å². The van der Waals surface area contributed by atoms with Crippen LogP contribution in [0.5, 0.6) is 11.5 Å². The van der Waals surface area contributed by atoms with E-state index in [0.29, 0.717) is 42.9 Å². The highest BCUT2D eigenvalue weighted by molar-refractivity contribution is 5.94. The third-order valence-electron chi connectivity index (χ3n) is 5.68. The van der Waals surface area contributed by atoms with Gasteiger partial charge >= 0.3 is 0 Å². The fourth-order valence-electron chi connectivity index (χ4n) is 3.96. The molecule has 1 saturated heterocycles. The molecule has 2 heterocycles. The van der Waals surface area contributed by atoms with Gasteiger partial charge in [0.15, 0.2) is 11.5 Å². The van der Waals surface area contributed by atoms with Crippen molar-refractivity contribution >= 4 is 5.91 Å². The van der Waals surface area contributed by atoms with Crippen molar-refractivity contribution < 1.29 is 14.3 Å². The number of fused-ring (bicyclic) bond motifs is 1. The van der Waals surface area contributed by atoms with E-state index in [1.807, 2.05) is 6.07 Å². The first kappa shape index (κ1) is 18.8. The maximum absolute atomic E-state index is 12.6. The van der Waals surface area contributed by atoms with Gasteiger partial charge in [-0.2, -0.15) is 0 Å². The maximum Gasteiger partial charge on any atom is 0.251 e. The first-order valence-electron chi connectivity index (χ1n) is 10.2. The molecule has 0 aromatic heterocycles. The Bertz CT molecular complexity index is 836. The van der Waals surface area contributed by atoms with Crippen molar-refractivity contribution in [3.63, 3.8) is 0 Å². The number of rotatable bonds is 5. The number of piperidine rings is 1. The van der Waals surface area contributed by atoms with Crippen LogP contribution in [-0.2, 0) is 13.1 Å². The summed E-state index contributed by atoms with van der Waals surface area (Å²) >= 11 is 0. The molecular weight excluding hydrogens is 352 g/mol. The van der Waals surface area contributed by atoms with E-state index >= 15 is 0 Å². The molecule has 5 nitrogen and oxygen atoms in total. The number of hydrogen-bond acceptors (Lipinski definition) is 4. The number of carbonyl (C=O) groups excluding carboxylic acids is 1. The van der Waals surface area contributed by atoms with E-state index in [0.717, 1.165) is 13.1 Å². The number of nitrogens with one attached hydrogen (secondary N) is 1. The van der Waals surface area contributed by atoms with Crippen LogP contribution in [0.25, 0.3) is 0 Å². The zero-order chi connectivity index (χ0) is 19.3. The van der Waals surface area contributed by atoms with E-state index in [-0.39, 0.29) is 5.91 Å². The first-order chi connectivity index (χ1) is 13.7. The van der Waals surface area contributed by atoms with Gasteiger partial charge in [0.05, 0.1) is 0 Å². The number of likely N-dealkylation sites (tertiary alicyclic amines) is 1. The Hall–Kier alpha value is -2.53. The van der Waals surface area contributed by atoms with Crippen LogP contribution in [0.2, 0.25) is 0 Å². The van der Waals surface area contributed by atoms with E-state index < -0.39 is 0 Å². The quantitative estimate of drug-likeness (QED) is 0.858. The van der Waals surface area contributed by atoms with Crippen LogP contribution < -0.4 is 14.8 Å². The Morgan fingerprint density at radius 3 is 2.68 bits per heavy atom. The predicted octanol–water partition coefficient (Wildman–Crippen LogP) is 3.76. The summed E-state index contributed by atoms with van der Waals surface area (Å²) in [4.78, 5) is 15.2. The van der Waals surface area contributed by atoms with Gasteiger partial charge in [0.1, 0.15) is 13.2 Å².